The summed E-state index contributed by atoms with van der Waals surface area (Å²) < 4.78 is 0. The lowest BCUT2D eigenvalue weighted by Gasteiger charge is -2.23. The standard InChI is InChI=1S/C17H22N2O2/c1-11(2)9-19(13(4)20)10-15-8-14-7-5-6-12(3)16(14)18-17(15)21/h5-8,11H,9-10H2,1-4H3,(H,18,21). The van der Waals surface area contributed by atoms with Gasteiger partial charge in [0, 0.05) is 19.0 Å². The maximum absolute atomic E-state index is 12.2. The van der Waals surface area contributed by atoms with Gasteiger partial charge >= 0.3 is 0 Å². The van der Waals surface area contributed by atoms with Crippen molar-refractivity contribution in [2.75, 3.05) is 6.54 Å². The zero-order valence-electron chi connectivity index (χ0n) is 13.1. The Morgan fingerprint density at radius 2 is 2.05 bits per heavy atom. The van der Waals surface area contributed by atoms with Gasteiger partial charge in [0.15, 0.2) is 0 Å². The van der Waals surface area contributed by atoms with Crippen molar-refractivity contribution in [1.82, 2.24) is 9.88 Å². The van der Waals surface area contributed by atoms with Crippen molar-refractivity contribution in [2.24, 2.45) is 5.92 Å². The molecule has 4 heteroatoms. The van der Waals surface area contributed by atoms with Crippen molar-refractivity contribution < 1.29 is 4.79 Å². The average molecular weight is 286 g/mol. The number of nitrogens with zero attached hydrogens (tertiary/aromatic N) is 1. The van der Waals surface area contributed by atoms with Crippen molar-refractivity contribution in [1.29, 1.82) is 0 Å². The summed E-state index contributed by atoms with van der Waals surface area (Å²) in [4.78, 5) is 28.6. The van der Waals surface area contributed by atoms with Gasteiger partial charge in [0.2, 0.25) is 5.91 Å². The van der Waals surface area contributed by atoms with Crippen LogP contribution in [0.3, 0.4) is 0 Å². The minimum absolute atomic E-state index is 0.00700. The maximum Gasteiger partial charge on any atom is 0.253 e. The molecule has 2 aromatic rings. The highest BCUT2D eigenvalue weighted by atomic mass is 16.2. The number of para-hydroxylation sites is 1. The van der Waals surface area contributed by atoms with Gasteiger partial charge in [-0.15, -0.1) is 0 Å². The molecule has 0 fully saturated rings. The second-order valence-corrected chi connectivity index (χ2v) is 5.96. The Kier molecular flexibility index (Phi) is 4.46. The second kappa shape index (κ2) is 6.12. The molecule has 0 saturated carbocycles. The molecule has 0 unspecified atom stereocenters. The minimum Gasteiger partial charge on any atom is -0.338 e. The molecule has 0 atom stereocenters. The normalized spacial score (nSPS) is 11.1. The first-order valence-electron chi connectivity index (χ1n) is 7.25. The third-order valence-corrected chi connectivity index (χ3v) is 3.56. The molecular weight excluding hydrogens is 264 g/mol. The van der Waals surface area contributed by atoms with E-state index in [1.165, 1.54) is 0 Å². The average Bonchev–Trinajstić information content (AvgIpc) is 2.39. The third-order valence-electron chi connectivity index (χ3n) is 3.56. The zero-order valence-corrected chi connectivity index (χ0v) is 13.1. The van der Waals surface area contributed by atoms with Crippen molar-refractivity contribution in [2.45, 2.75) is 34.2 Å². The number of nitrogens with one attached hydrogen (secondary N) is 1. The predicted molar refractivity (Wildman–Crippen MR) is 85.2 cm³/mol. The molecule has 2 rings (SSSR count). The number of carbonyl (C=O) groups excluding carboxylic acids is 1. The van der Waals surface area contributed by atoms with Crippen LogP contribution >= 0.6 is 0 Å². The predicted octanol–water partition coefficient (Wildman–Crippen LogP) is 2.84. The lowest BCUT2D eigenvalue weighted by Crippen LogP contribution is -2.33. The number of aryl methyl sites for hydroxylation is 1. The van der Waals surface area contributed by atoms with Crippen molar-refractivity contribution in [3.8, 4) is 0 Å². The third kappa shape index (κ3) is 3.51. The van der Waals surface area contributed by atoms with E-state index < -0.39 is 0 Å². The number of benzene rings is 1. The molecule has 1 heterocycles. The van der Waals surface area contributed by atoms with E-state index in [1.807, 2.05) is 31.2 Å². The Morgan fingerprint density at radius 1 is 1.33 bits per heavy atom. The summed E-state index contributed by atoms with van der Waals surface area (Å²) in [5.41, 5.74) is 2.42. The highest BCUT2D eigenvalue weighted by molar-refractivity contribution is 5.82. The Bertz CT molecular complexity index is 716. The van der Waals surface area contributed by atoms with Gasteiger partial charge in [-0.2, -0.15) is 0 Å². The lowest BCUT2D eigenvalue weighted by molar-refractivity contribution is -0.130. The molecule has 1 amide bonds. The lowest BCUT2D eigenvalue weighted by atomic mass is 10.1. The Morgan fingerprint density at radius 3 is 2.67 bits per heavy atom. The molecule has 1 aromatic heterocycles. The number of fused-ring (bicyclic) bond motifs is 1. The van der Waals surface area contributed by atoms with Crippen LogP contribution in [0.15, 0.2) is 29.1 Å². The fourth-order valence-electron chi connectivity index (χ4n) is 2.50. The van der Waals surface area contributed by atoms with Crippen molar-refractivity contribution in [3.05, 3.63) is 45.7 Å². The van der Waals surface area contributed by atoms with E-state index in [1.54, 1.807) is 11.8 Å². The summed E-state index contributed by atoms with van der Waals surface area (Å²) in [6.07, 6.45) is 0. The number of pyridine rings is 1. The van der Waals surface area contributed by atoms with Gasteiger partial charge in [-0.25, -0.2) is 0 Å². The monoisotopic (exact) mass is 286 g/mol. The van der Waals surface area contributed by atoms with E-state index in [9.17, 15) is 9.59 Å². The maximum atomic E-state index is 12.2. The van der Waals surface area contributed by atoms with Gasteiger partial charge in [-0.05, 0) is 29.9 Å². The molecule has 4 nitrogen and oxygen atoms in total. The summed E-state index contributed by atoms with van der Waals surface area (Å²) in [6, 6.07) is 7.80. The molecule has 0 spiro atoms. The number of carbonyl (C=O) groups is 1. The molecule has 0 bridgehead atoms. The number of H-pyrrole nitrogens is 1. The van der Waals surface area contributed by atoms with Gasteiger partial charge in [-0.1, -0.05) is 32.0 Å². The first-order valence-corrected chi connectivity index (χ1v) is 7.25. The smallest absolute Gasteiger partial charge is 0.253 e. The van der Waals surface area contributed by atoms with Crippen molar-refractivity contribution in [3.63, 3.8) is 0 Å². The van der Waals surface area contributed by atoms with Crippen molar-refractivity contribution >= 4 is 16.8 Å². The van der Waals surface area contributed by atoms with Crippen LogP contribution in [0.25, 0.3) is 10.9 Å². The zero-order chi connectivity index (χ0) is 15.6. The summed E-state index contributed by atoms with van der Waals surface area (Å²) in [7, 11) is 0. The van der Waals surface area contributed by atoms with Crippen LogP contribution in [0.4, 0.5) is 0 Å². The Hall–Kier alpha value is -2.10. The van der Waals surface area contributed by atoms with Gasteiger partial charge in [-0.3, -0.25) is 9.59 Å². The molecule has 0 radical (unpaired) electrons. The summed E-state index contributed by atoms with van der Waals surface area (Å²) in [6.45, 7) is 8.64. The van der Waals surface area contributed by atoms with E-state index in [-0.39, 0.29) is 11.5 Å². The molecule has 112 valence electrons. The molecule has 0 aliphatic carbocycles. The quantitative estimate of drug-likeness (QED) is 0.939. The van der Waals surface area contributed by atoms with Gasteiger partial charge in [0.25, 0.3) is 5.56 Å². The van der Waals surface area contributed by atoms with Crippen LogP contribution in [0.1, 0.15) is 31.9 Å². The van der Waals surface area contributed by atoms with Crippen LogP contribution in [0.2, 0.25) is 0 Å². The highest BCUT2D eigenvalue weighted by Crippen LogP contribution is 2.16. The molecule has 0 aliphatic rings. The summed E-state index contributed by atoms with van der Waals surface area (Å²) in [5, 5.41) is 0.998. The van der Waals surface area contributed by atoms with Crippen LogP contribution in [-0.2, 0) is 11.3 Å². The largest absolute Gasteiger partial charge is 0.338 e. The highest BCUT2D eigenvalue weighted by Gasteiger charge is 2.14. The van der Waals surface area contributed by atoms with Gasteiger partial charge in [0.1, 0.15) is 0 Å². The molecule has 0 saturated heterocycles. The summed E-state index contributed by atoms with van der Waals surface area (Å²) >= 11 is 0. The Labute approximate surface area is 124 Å². The fraction of sp³-hybridized carbons (Fsp3) is 0.412. The number of aromatic amines is 1. The SMILES string of the molecule is CC(=O)N(Cc1cc2cccc(C)c2[nH]c1=O)CC(C)C. The van der Waals surface area contributed by atoms with Crippen LogP contribution in [0, 0.1) is 12.8 Å². The number of hydrogen-bond acceptors (Lipinski definition) is 2. The van der Waals surface area contributed by atoms with Gasteiger partial charge < -0.3 is 9.88 Å². The first kappa shape index (κ1) is 15.3. The van der Waals surface area contributed by atoms with E-state index >= 15 is 0 Å². The fourth-order valence-corrected chi connectivity index (χ4v) is 2.50. The molecule has 0 aliphatic heterocycles. The molecule has 1 aromatic carbocycles. The van der Waals surface area contributed by atoms with Crippen LogP contribution in [0.5, 0.6) is 0 Å². The minimum atomic E-state index is -0.119. The molecule has 21 heavy (non-hydrogen) atoms. The number of rotatable bonds is 4. The van der Waals surface area contributed by atoms with Crippen LogP contribution < -0.4 is 5.56 Å². The Balaban J connectivity index is 2.40. The topological polar surface area (TPSA) is 53.2 Å². The number of hydrogen-bond donors (Lipinski definition) is 1. The number of aromatic nitrogens is 1. The van der Waals surface area contributed by atoms with Crippen LogP contribution in [-0.4, -0.2) is 22.3 Å². The molecular formula is C17H22N2O2. The molecule has 1 N–H and O–H groups in total. The second-order valence-electron chi connectivity index (χ2n) is 5.96. The first-order chi connectivity index (χ1) is 9.88. The summed E-state index contributed by atoms with van der Waals surface area (Å²) in [5.74, 6) is 0.364. The number of amides is 1. The van der Waals surface area contributed by atoms with E-state index in [0.29, 0.717) is 24.6 Å². The van der Waals surface area contributed by atoms with E-state index in [2.05, 4.69) is 18.8 Å². The van der Waals surface area contributed by atoms with E-state index in [0.717, 1.165) is 16.5 Å². The van der Waals surface area contributed by atoms with Gasteiger partial charge in [0.05, 0.1) is 12.1 Å². The van der Waals surface area contributed by atoms with E-state index in [4.69, 9.17) is 0 Å².